The first kappa shape index (κ1) is 26.6. The van der Waals surface area contributed by atoms with Gasteiger partial charge in [-0.3, -0.25) is 10.3 Å². The average Bonchev–Trinajstić information content (AvgIpc) is 2.93. The summed E-state index contributed by atoms with van der Waals surface area (Å²) < 4.78 is 6.30. The number of carboxylic acids is 2. The van der Waals surface area contributed by atoms with Gasteiger partial charge in [-0.15, -0.1) is 0 Å². The van der Waals surface area contributed by atoms with Crippen molar-refractivity contribution in [2.75, 3.05) is 26.2 Å². The highest BCUT2D eigenvalue weighted by atomic mass is 16.5. The first-order valence-electron chi connectivity index (χ1n) is 12.4. The topological polar surface area (TPSA) is 155 Å². The predicted molar refractivity (Wildman–Crippen MR) is 134 cm³/mol. The molecule has 5 N–H and O–H groups in total. The zero-order valence-electron chi connectivity index (χ0n) is 20.4. The summed E-state index contributed by atoms with van der Waals surface area (Å²) in [7, 11) is 0. The molecule has 4 atom stereocenters. The van der Waals surface area contributed by atoms with E-state index >= 15 is 0 Å². The van der Waals surface area contributed by atoms with Gasteiger partial charge in [0.05, 0.1) is 6.04 Å². The van der Waals surface area contributed by atoms with Crippen LogP contribution in [0.1, 0.15) is 35.6 Å². The van der Waals surface area contributed by atoms with Crippen LogP contribution in [-0.4, -0.2) is 92.7 Å². The fourth-order valence-electron chi connectivity index (χ4n) is 5.31. The third-order valence-electron chi connectivity index (χ3n) is 7.32. The van der Waals surface area contributed by atoms with Crippen molar-refractivity contribution < 1.29 is 34.8 Å². The summed E-state index contributed by atoms with van der Waals surface area (Å²) in [4.78, 5) is 24.2. The predicted octanol–water partition coefficient (Wildman–Crippen LogP) is 1.56. The Morgan fingerprint density at radius 3 is 2.05 bits per heavy atom. The van der Waals surface area contributed by atoms with Gasteiger partial charge >= 0.3 is 11.9 Å². The monoisotopic (exact) mass is 511 g/mol. The van der Waals surface area contributed by atoms with Crippen LogP contribution in [0.25, 0.3) is 0 Å². The number of amidine groups is 1. The fourth-order valence-corrected chi connectivity index (χ4v) is 5.31. The molecule has 4 aliphatic heterocycles. The summed E-state index contributed by atoms with van der Waals surface area (Å²) in [5.74, 6) is -2.92. The Hall–Kier alpha value is -3.47. The number of benzene rings is 2. The molecule has 2 aromatic carbocycles. The van der Waals surface area contributed by atoms with Crippen molar-refractivity contribution >= 4 is 18.0 Å². The second-order valence-corrected chi connectivity index (χ2v) is 9.62. The number of aliphatic hydroxyl groups is 2. The molecule has 0 aliphatic carbocycles. The summed E-state index contributed by atoms with van der Waals surface area (Å²) >= 11 is 0. The Labute approximate surface area is 215 Å². The van der Waals surface area contributed by atoms with Crippen molar-refractivity contribution in [1.29, 1.82) is 5.41 Å². The second-order valence-electron chi connectivity index (χ2n) is 9.62. The average molecular weight is 512 g/mol. The van der Waals surface area contributed by atoms with Crippen LogP contribution in [0.15, 0.2) is 54.6 Å². The Bertz CT molecular complexity index is 1090. The second kappa shape index (κ2) is 11.7. The number of nitrogens with one attached hydrogen (secondary N) is 1. The van der Waals surface area contributed by atoms with Gasteiger partial charge in [-0.1, -0.05) is 54.6 Å². The van der Waals surface area contributed by atoms with Gasteiger partial charge in [0.1, 0.15) is 6.10 Å². The van der Waals surface area contributed by atoms with Gasteiger partial charge in [0.25, 0.3) is 6.02 Å². The van der Waals surface area contributed by atoms with E-state index in [-0.39, 0.29) is 12.1 Å². The van der Waals surface area contributed by atoms with Crippen molar-refractivity contribution in [3.05, 3.63) is 71.3 Å². The number of hydrogen-bond donors (Lipinski definition) is 5. The number of aliphatic carboxylic acids is 2. The molecule has 4 heterocycles. The molecule has 0 spiro atoms. The molecule has 0 aromatic heterocycles. The molecule has 3 saturated heterocycles. The van der Waals surface area contributed by atoms with E-state index < -0.39 is 24.1 Å². The highest BCUT2D eigenvalue weighted by Gasteiger charge is 2.38. The fraction of sp³-hybridized carbons (Fsp3) is 0.444. The minimum absolute atomic E-state index is 0.0599. The molecule has 0 radical (unpaired) electrons. The van der Waals surface area contributed by atoms with Crippen LogP contribution >= 0.6 is 0 Å². The summed E-state index contributed by atoms with van der Waals surface area (Å²) in [6.45, 7) is 4.20. The van der Waals surface area contributed by atoms with E-state index in [2.05, 4.69) is 64.4 Å². The molecule has 6 rings (SSSR count). The highest BCUT2D eigenvalue weighted by molar-refractivity contribution is 5.83. The molecule has 4 unspecified atom stereocenters. The quantitative estimate of drug-likeness (QED) is 0.297. The van der Waals surface area contributed by atoms with Gasteiger partial charge in [-0.05, 0) is 55.0 Å². The van der Waals surface area contributed by atoms with Gasteiger partial charge in [0, 0.05) is 13.1 Å². The van der Waals surface area contributed by atoms with Crippen LogP contribution in [0.4, 0.5) is 0 Å². The van der Waals surface area contributed by atoms with Crippen LogP contribution < -0.4 is 0 Å². The molecular formula is C27H33N3O7. The van der Waals surface area contributed by atoms with E-state index in [4.69, 9.17) is 30.6 Å². The van der Waals surface area contributed by atoms with Gasteiger partial charge in [-0.25, -0.2) is 9.59 Å². The number of ether oxygens (including phenoxy) is 1. The largest absolute Gasteiger partial charge is 0.479 e. The van der Waals surface area contributed by atoms with Gasteiger partial charge in [-0.2, -0.15) is 0 Å². The number of rotatable bonds is 5. The van der Waals surface area contributed by atoms with Crippen molar-refractivity contribution in [2.45, 2.75) is 43.6 Å². The first-order valence-corrected chi connectivity index (χ1v) is 12.4. The molecule has 10 heteroatoms. The Kier molecular flexibility index (Phi) is 8.42. The normalized spacial score (nSPS) is 25.6. The third-order valence-corrected chi connectivity index (χ3v) is 7.32. The summed E-state index contributed by atoms with van der Waals surface area (Å²) in [6.07, 6.45) is -0.972. The van der Waals surface area contributed by atoms with Crippen LogP contribution in [0.3, 0.4) is 0 Å². The van der Waals surface area contributed by atoms with Gasteiger partial charge in [0.2, 0.25) is 0 Å². The Morgan fingerprint density at radius 2 is 1.49 bits per heavy atom. The third kappa shape index (κ3) is 6.10. The summed E-state index contributed by atoms with van der Waals surface area (Å²) in [5.41, 5.74) is 3.92. The minimum atomic E-state index is -2.27. The minimum Gasteiger partial charge on any atom is -0.479 e. The summed E-state index contributed by atoms with van der Waals surface area (Å²) in [5, 5.41) is 41.3. The molecular weight excluding hydrogens is 478 g/mol. The van der Waals surface area contributed by atoms with Crippen molar-refractivity contribution in [1.82, 2.24) is 9.80 Å². The van der Waals surface area contributed by atoms with Gasteiger partial charge < -0.3 is 30.1 Å². The lowest BCUT2D eigenvalue weighted by atomic mass is 9.86. The molecule has 2 aromatic rings. The van der Waals surface area contributed by atoms with Gasteiger partial charge in [0.15, 0.2) is 12.2 Å². The first-order chi connectivity index (χ1) is 17.8. The molecule has 37 heavy (non-hydrogen) atoms. The molecule has 198 valence electrons. The van der Waals surface area contributed by atoms with E-state index in [1.54, 1.807) is 0 Å². The molecule has 0 saturated carbocycles. The Morgan fingerprint density at radius 1 is 0.892 bits per heavy atom. The van der Waals surface area contributed by atoms with Crippen molar-refractivity contribution in [3.8, 4) is 0 Å². The maximum atomic E-state index is 9.77. The maximum Gasteiger partial charge on any atom is 0.335 e. The standard InChI is InChI=1S/C23H27N3O.C4H6O6/c24-23(27-21-16-25-13-10-18(21)11-14-25)26-15-12-17-6-4-5-9-20(17)22(26)19-7-2-1-3-8-19;5-1(3(7)8)2(6)4(9)10/h1-9,18,21-22,24H,10-16H2;1-2,5-6H,(H,7,8)(H,9,10). The summed E-state index contributed by atoms with van der Waals surface area (Å²) in [6, 6.07) is 19.6. The van der Waals surface area contributed by atoms with Crippen molar-refractivity contribution in [2.24, 2.45) is 5.92 Å². The number of fused-ring (bicyclic) bond motifs is 4. The zero-order valence-corrected chi connectivity index (χ0v) is 20.4. The lowest BCUT2D eigenvalue weighted by Gasteiger charge is -2.46. The van der Waals surface area contributed by atoms with Crippen LogP contribution in [0.2, 0.25) is 0 Å². The van der Waals surface area contributed by atoms with E-state index in [0.717, 1.165) is 19.5 Å². The van der Waals surface area contributed by atoms with Crippen LogP contribution in [-0.2, 0) is 20.7 Å². The Balaban J connectivity index is 0.000000275. The number of carbonyl (C=O) groups is 2. The van der Waals surface area contributed by atoms with Crippen LogP contribution in [0.5, 0.6) is 0 Å². The maximum absolute atomic E-state index is 9.77. The van der Waals surface area contributed by atoms with Crippen LogP contribution in [0, 0.1) is 11.3 Å². The number of aliphatic hydroxyl groups excluding tert-OH is 2. The number of carboxylic acid groups (broad SMARTS) is 2. The molecule has 0 amide bonds. The lowest BCUT2D eigenvalue weighted by molar-refractivity contribution is -0.165. The number of hydrogen-bond acceptors (Lipinski definition) is 7. The van der Waals surface area contributed by atoms with E-state index in [1.807, 2.05) is 0 Å². The number of nitrogens with zero attached hydrogens (tertiary/aromatic N) is 2. The molecule has 4 aliphatic rings. The van der Waals surface area contributed by atoms with E-state index in [9.17, 15) is 9.59 Å². The van der Waals surface area contributed by atoms with E-state index in [0.29, 0.717) is 11.9 Å². The molecule has 3 fully saturated rings. The van der Waals surface area contributed by atoms with Crippen molar-refractivity contribution in [3.63, 3.8) is 0 Å². The van der Waals surface area contributed by atoms with E-state index in [1.165, 1.54) is 42.6 Å². The number of piperidine rings is 3. The molecule has 2 bridgehead atoms. The zero-order chi connectivity index (χ0) is 26.5. The smallest absolute Gasteiger partial charge is 0.335 e. The SMILES string of the molecule is N=C(OC1CN2CCC1CC2)N1CCc2ccccc2C1c1ccccc1.O=C(O)C(O)C(O)C(=O)O. The lowest BCUT2D eigenvalue weighted by Crippen LogP contribution is -2.53. The highest BCUT2D eigenvalue weighted by Crippen LogP contribution is 2.36. The molecule has 10 nitrogen and oxygen atoms in total.